The maximum atomic E-state index is 12.5. The molecule has 7 amide bonds. The van der Waals surface area contributed by atoms with Gasteiger partial charge in [-0.3, -0.25) is 48.1 Å². The summed E-state index contributed by atoms with van der Waals surface area (Å²) in [6, 6.07) is -1.35. The zero-order valence-electron chi connectivity index (χ0n) is 19.4. The number of nitrogens with one attached hydrogen (secondary N) is 5. The van der Waals surface area contributed by atoms with E-state index >= 15 is 0 Å². The average molecular weight is 526 g/mol. The standard InChI is InChI=1S/C20H26N6O11/c27-12(21-7-14(29)22-9-18(33)34)2-1-11(20(37)24-8-15(30)23-10-19(35)36)25-13(28)5-6-26-16(31)3-4-17(26)32/h3-4,11H,1-2,5-10H2,(H,21,27)(H,22,29)(H,23,30)(H,24,37)(H,25,28)(H,33,34)(H,35,36)/t11-/m0/s1. The quantitative estimate of drug-likeness (QED) is 0.0939. The van der Waals surface area contributed by atoms with E-state index in [0.717, 1.165) is 17.1 Å². The van der Waals surface area contributed by atoms with Crippen LogP contribution in [-0.4, -0.2) is 107 Å². The smallest absolute Gasteiger partial charge is 0.322 e. The molecule has 37 heavy (non-hydrogen) atoms. The van der Waals surface area contributed by atoms with Crippen LogP contribution in [0, 0.1) is 0 Å². The van der Waals surface area contributed by atoms with E-state index in [2.05, 4.69) is 16.0 Å². The first kappa shape index (κ1) is 30.2. The van der Waals surface area contributed by atoms with Crippen LogP contribution < -0.4 is 26.6 Å². The molecule has 1 aliphatic heterocycles. The molecule has 0 saturated carbocycles. The second-order valence-electron chi connectivity index (χ2n) is 7.41. The highest BCUT2D eigenvalue weighted by Crippen LogP contribution is 2.05. The van der Waals surface area contributed by atoms with Crippen LogP contribution >= 0.6 is 0 Å². The van der Waals surface area contributed by atoms with Gasteiger partial charge in [-0.15, -0.1) is 0 Å². The van der Waals surface area contributed by atoms with Crippen molar-refractivity contribution in [2.75, 3.05) is 32.7 Å². The van der Waals surface area contributed by atoms with Gasteiger partial charge in [0.1, 0.15) is 19.1 Å². The second-order valence-corrected chi connectivity index (χ2v) is 7.41. The van der Waals surface area contributed by atoms with Crippen LogP contribution in [0.5, 0.6) is 0 Å². The minimum Gasteiger partial charge on any atom is -0.480 e. The third-order valence-corrected chi connectivity index (χ3v) is 4.52. The molecule has 0 aromatic carbocycles. The highest BCUT2D eigenvalue weighted by atomic mass is 16.4. The summed E-state index contributed by atoms with van der Waals surface area (Å²) in [6.07, 6.45) is 1.04. The third-order valence-electron chi connectivity index (χ3n) is 4.52. The van der Waals surface area contributed by atoms with Gasteiger partial charge in [0.25, 0.3) is 11.8 Å². The van der Waals surface area contributed by atoms with Gasteiger partial charge in [-0.2, -0.15) is 0 Å². The van der Waals surface area contributed by atoms with Crippen molar-refractivity contribution in [3.05, 3.63) is 12.2 Å². The number of nitrogens with zero attached hydrogens (tertiary/aromatic N) is 1. The predicted octanol–water partition coefficient (Wildman–Crippen LogP) is -4.80. The van der Waals surface area contributed by atoms with Crippen LogP contribution in [-0.2, 0) is 43.2 Å². The van der Waals surface area contributed by atoms with Crippen molar-refractivity contribution in [2.24, 2.45) is 0 Å². The summed E-state index contributed by atoms with van der Waals surface area (Å²) < 4.78 is 0. The van der Waals surface area contributed by atoms with Crippen molar-refractivity contribution in [1.82, 2.24) is 31.5 Å². The number of hydrogen-bond acceptors (Lipinski definition) is 9. The van der Waals surface area contributed by atoms with Crippen LogP contribution in [0.4, 0.5) is 0 Å². The Hall–Kier alpha value is -4.83. The fraction of sp³-hybridized carbons (Fsp3) is 0.450. The number of carbonyl (C=O) groups is 9. The molecule has 1 aliphatic rings. The lowest BCUT2D eigenvalue weighted by Gasteiger charge is -2.19. The number of carboxylic acid groups (broad SMARTS) is 2. The first-order valence-corrected chi connectivity index (χ1v) is 10.7. The Morgan fingerprint density at radius 3 is 1.68 bits per heavy atom. The number of rotatable bonds is 16. The van der Waals surface area contributed by atoms with Gasteiger partial charge in [-0.1, -0.05) is 0 Å². The maximum absolute atomic E-state index is 12.5. The fourth-order valence-electron chi connectivity index (χ4n) is 2.71. The lowest BCUT2D eigenvalue weighted by Crippen LogP contribution is -2.50. The molecule has 7 N–H and O–H groups in total. The van der Waals surface area contributed by atoms with Gasteiger partial charge in [-0.05, 0) is 6.42 Å². The molecular formula is C20H26N6O11. The molecule has 1 atom stereocenters. The van der Waals surface area contributed by atoms with Gasteiger partial charge in [0.05, 0.1) is 13.1 Å². The first-order chi connectivity index (χ1) is 17.4. The number of amides is 7. The van der Waals surface area contributed by atoms with Crippen molar-refractivity contribution in [3.63, 3.8) is 0 Å². The lowest BCUT2D eigenvalue weighted by atomic mass is 10.1. The van der Waals surface area contributed by atoms with Crippen LogP contribution in [0.15, 0.2) is 12.2 Å². The molecule has 0 aromatic heterocycles. The van der Waals surface area contributed by atoms with Crippen molar-refractivity contribution in [1.29, 1.82) is 0 Å². The summed E-state index contributed by atoms with van der Waals surface area (Å²) in [4.78, 5) is 105. The van der Waals surface area contributed by atoms with Gasteiger partial charge in [0.15, 0.2) is 0 Å². The Morgan fingerprint density at radius 1 is 0.676 bits per heavy atom. The maximum Gasteiger partial charge on any atom is 0.322 e. The summed E-state index contributed by atoms with van der Waals surface area (Å²) in [6.45, 7) is -2.76. The fourth-order valence-corrected chi connectivity index (χ4v) is 2.71. The largest absolute Gasteiger partial charge is 0.480 e. The molecule has 0 aromatic rings. The zero-order chi connectivity index (χ0) is 28.0. The number of carboxylic acids is 2. The molecule has 1 rings (SSSR count). The molecule has 0 unspecified atom stereocenters. The van der Waals surface area contributed by atoms with Gasteiger partial charge in [-0.25, -0.2) is 0 Å². The van der Waals surface area contributed by atoms with E-state index in [0.29, 0.717) is 0 Å². The Morgan fingerprint density at radius 2 is 1.16 bits per heavy atom. The van der Waals surface area contributed by atoms with Gasteiger partial charge in [0, 0.05) is 31.5 Å². The van der Waals surface area contributed by atoms with Crippen LogP contribution in [0.25, 0.3) is 0 Å². The monoisotopic (exact) mass is 526 g/mol. The van der Waals surface area contributed by atoms with Crippen molar-refractivity contribution in [3.8, 4) is 0 Å². The SMILES string of the molecule is O=C(O)CNC(=O)CNC(=O)CC[C@H](NC(=O)CCN1C(=O)C=CC1=O)C(=O)NCC(=O)NCC(=O)O. The normalized spacial score (nSPS) is 12.9. The molecule has 0 bridgehead atoms. The minimum atomic E-state index is -1.35. The number of aliphatic carboxylic acids is 2. The van der Waals surface area contributed by atoms with E-state index in [4.69, 9.17) is 10.2 Å². The lowest BCUT2D eigenvalue weighted by molar-refractivity contribution is -0.139. The minimum absolute atomic E-state index is 0.269. The van der Waals surface area contributed by atoms with E-state index in [1.165, 1.54) is 0 Å². The number of hydrogen-bond donors (Lipinski definition) is 7. The predicted molar refractivity (Wildman–Crippen MR) is 119 cm³/mol. The first-order valence-electron chi connectivity index (χ1n) is 10.7. The van der Waals surface area contributed by atoms with Crippen molar-refractivity contribution < 1.29 is 53.4 Å². The van der Waals surface area contributed by atoms with Gasteiger partial charge >= 0.3 is 11.9 Å². The third kappa shape index (κ3) is 12.4. The Labute approximate surface area is 209 Å². The molecule has 0 aliphatic carbocycles. The van der Waals surface area contributed by atoms with Crippen LogP contribution in [0.1, 0.15) is 19.3 Å². The molecule has 0 saturated heterocycles. The van der Waals surface area contributed by atoms with Crippen LogP contribution in [0.2, 0.25) is 0 Å². The van der Waals surface area contributed by atoms with E-state index in [1.54, 1.807) is 0 Å². The molecule has 17 heteroatoms. The highest BCUT2D eigenvalue weighted by molar-refractivity contribution is 6.13. The summed E-state index contributed by atoms with van der Waals surface area (Å²) in [5.41, 5.74) is 0. The zero-order valence-corrected chi connectivity index (χ0v) is 19.4. The molecule has 17 nitrogen and oxygen atoms in total. The van der Waals surface area contributed by atoms with Crippen LogP contribution in [0.3, 0.4) is 0 Å². The topological polar surface area (TPSA) is 257 Å². The van der Waals surface area contributed by atoms with Crippen molar-refractivity contribution in [2.45, 2.75) is 25.3 Å². The molecule has 0 radical (unpaired) electrons. The second kappa shape index (κ2) is 15.2. The number of imide groups is 1. The Kier molecular flexibility index (Phi) is 12.4. The van der Waals surface area contributed by atoms with E-state index < -0.39 is 85.5 Å². The molecule has 202 valence electrons. The summed E-state index contributed by atoms with van der Waals surface area (Å²) in [5, 5.41) is 27.8. The summed E-state index contributed by atoms with van der Waals surface area (Å²) >= 11 is 0. The molecule has 0 spiro atoms. The molecule has 0 fully saturated rings. The van der Waals surface area contributed by atoms with E-state index in [9.17, 15) is 43.2 Å². The summed E-state index contributed by atoms with van der Waals surface area (Å²) in [5.74, 6) is -7.76. The van der Waals surface area contributed by atoms with E-state index in [-0.39, 0.29) is 25.8 Å². The summed E-state index contributed by atoms with van der Waals surface area (Å²) in [7, 11) is 0. The Balaban J connectivity index is 2.64. The molecule has 1 heterocycles. The average Bonchev–Trinajstić information content (AvgIpc) is 3.16. The van der Waals surface area contributed by atoms with Gasteiger partial charge < -0.3 is 36.8 Å². The number of carbonyl (C=O) groups excluding carboxylic acids is 7. The molecular weight excluding hydrogens is 500 g/mol. The van der Waals surface area contributed by atoms with Crippen molar-refractivity contribution >= 4 is 53.3 Å². The van der Waals surface area contributed by atoms with E-state index in [1.807, 2.05) is 10.6 Å². The highest BCUT2D eigenvalue weighted by Gasteiger charge is 2.26. The van der Waals surface area contributed by atoms with Gasteiger partial charge in [0.2, 0.25) is 29.5 Å². The Bertz CT molecular complexity index is 975.